The SMILES string of the molecule is Cc1cc(F)cc2c1NC(=O)C21CC1. The van der Waals surface area contributed by atoms with E-state index in [-0.39, 0.29) is 17.1 Å². The van der Waals surface area contributed by atoms with Crippen molar-refractivity contribution in [3.63, 3.8) is 0 Å². The third kappa shape index (κ3) is 0.775. The summed E-state index contributed by atoms with van der Waals surface area (Å²) in [6.45, 7) is 1.82. The molecule has 1 saturated carbocycles. The van der Waals surface area contributed by atoms with Crippen molar-refractivity contribution in [3.8, 4) is 0 Å². The highest BCUT2D eigenvalue weighted by molar-refractivity contribution is 6.09. The summed E-state index contributed by atoms with van der Waals surface area (Å²) in [6.07, 6.45) is 1.71. The molecule has 1 N–H and O–H groups in total. The summed E-state index contributed by atoms with van der Waals surface area (Å²) in [5.41, 5.74) is 2.13. The van der Waals surface area contributed by atoms with Crippen LogP contribution in [0.4, 0.5) is 10.1 Å². The average Bonchev–Trinajstić information content (AvgIpc) is 2.84. The van der Waals surface area contributed by atoms with Crippen LogP contribution in [0.15, 0.2) is 12.1 Å². The van der Waals surface area contributed by atoms with Crippen molar-refractivity contribution < 1.29 is 9.18 Å². The van der Waals surface area contributed by atoms with Crippen LogP contribution in [-0.2, 0) is 10.2 Å². The molecule has 0 radical (unpaired) electrons. The minimum Gasteiger partial charge on any atom is -0.325 e. The molecule has 1 heterocycles. The van der Waals surface area contributed by atoms with Crippen molar-refractivity contribution >= 4 is 11.6 Å². The second kappa shape index (κ2) is 2.16. The molecule has 2 aliphatic rings. The molecule has 1 spiro atoms. The predicted molar refractivity (Wildman–Crippen MR) is 50.7 cm³/mol. The summed E-state index contributed by atoms with van der Waals surface area (Å²) >= 11 is 0. The molecule has 0 bridgehead atoms. The fourth-order valence-electron chi connectivity index (χ4n) is 2.26. The van der Waals surface area contributed by atoms with E-state index in [0.717, 1.165) is 29.7 Å². The van der Waals surface area contributed by atoms with Gasteiger partial charge in [0.2, 0.25) is 5.91 Å². The van der Waals surface area contributed by atoms with E-state index in [4.69, 9.17) is 0 Å². The van der Waals surface area contributed by atoms with Crippen LogP contribution in [0.5, 0.6) is 0 Å². The first-order valence-electron chi connectivity index (χ1n) is 4.75. The van der Waals surface area contributed by atoms with Crippen molar-refractivity contribution in [1.82, 2.24) is 0 Å². The van der Waals surface area contributed by atoms with E-state index in [0.29, 0.717) is 0 Å². The Morgan fingerprint density at radius 2 is 2.14 bits per heavy atom. The molecule has 0 atom stereocenters. The van der Waals surface area contributed by atoms with Crippen molar-refractivity contribution in [3.05, 3.63) is 29.1 Å². The van der Waals surface area contributed by atoms with E-state index >= 15 is 0 Å². The van der Waals surface area contributed by atoms with Crippen LogP contribution in [0.1, 0.15) is 24.0 Å². The minimum atomic E-state index is -0.373. The first-order chi connectivity index (χ1) is 6.63. The molecule has 2 nitrogen and oxygen atoms in total. The van der Waals surface area contributed by atoms with E-state index in [1.165, 1.54) is 12.1 Å². The van der Waals surface area contributed by atoms with Crippen LogP contribution >= 0.6 is 0 Å². The summed E-state index contributed by atoms with van der Waals surface area (Å²) in [7, 11) is 0. The lowest BCUT2D eigenvalue weighted by molar-refractivity contribution is -0.117. The van der Waals surface area contributed by atoms with Crippen molar-refractivity contribution in [2.75, 3.05) is 5.32 Å². The van der Waals surface area contributed by atoms with Gasteiger partial charge in [-0.3, -0.25) is 4.79 Å². The van der Waals surface area contributed by atoms with Gasteiger partial charge in [-0.15, -0.1) is 0 Å². The first kappa shape index (κ1) is 7.97. The third-order valence-corrected chi connectivity index (χ3v) is 3.24. The van der Waals surface area contributed by atoms with Gasteiger partial charge in [0.05, 0.1) is 5.41 Å². The quantitative estimate of drug-likeness (QED) is 0.668. The summed E-state index contributed by atoms with van der Waals surface area (Å²) in [6, 6.07) is 2.95. The number of aryl methyl sites for hydroxylation is 1. The largest absolute Gasteiger partial charge is 0.325 e. The topological polar surface area (TPSA) is 29.1 Å². The Morgan fingerprint density at radius 1 is 1.43 bits per heavy atom. The average molecular weight is 191 g/mol. The maximum absolute atomic E-state index is 13.2. The number of halogens is 1. The second-order valence-electron chi connectivity index (χ2n) is 4.18. The van der Waals surface area contributed by atoms with Gasteiger partial charge in [-0.2, -0.15) is 0 Å². The van der Waals surface area contributed by atoms with Gasteiger partial charge in [0.1, 0.15) is 5.82 Å². The van der Waals surface area contributed by atoms with Crippen LogP contribution in [0.2, 0.25) is 0 Å². The molecule has 3 rings (SSSR count). The zero-order chi connectivity index (χ0) is 9.92. The molecular formula is C11H10FNO. The van der Waals surface area contributed by atoms with Gasteiger partial charge >= 0.3 is 0 Å². The number of carbonyl (C=O) groups is 1. The van der Waals surface area contributed by atoms with Crippen LogP contribution in [0, 0.1) is 12.7 Å². The van der Waals surface area contributed by atoms with E-state index in [9.17, 15) is 9.18 Å². The van der Waals surface area contributed by atoms with Gasteiger partial charge in [0.25, 0.3) is 0 Å². The highest BCUT2D eigenvalue weighted by atomic mass is 19.1. The Bertz CT molecular complexity index is 449. The highest BCUT2D eigenvalue weighted by Gasteiger charge is 2.56. The van der Waals surface area contributed by atoms with Crippen LogP contribution < -0.4 is 5.32 Å². The molecule has 0 aromatic heterocycles. The van der Waals surface area contributed by atoms with Crippen molar-refractivity contribution in [2.45, 2.75) is 25.2 Å². The number of amides is 1. The molecule has 0 saturated heterocycles. The van der Waals surface area contributed by atoms with Gasteiger partial charge in [0.15, 0.2) is 0 Å². The fraction of sp³-hybridized carbons (Fsp3) is 0.364. The molecule has 1 aromatic rings. The second-order valence-corrected chi connectivity index (χ2v) is 4.18. The van der Waals surface area contributed by atoms with Gasteiger partial charge in [-0.25, -0.2) is 4.39 Å². The highest BCUT2D eigenvalue weighted by Crippen LogP contribution is 2.55. The Hall–Kier alpha value is -1.38. The Balaban J connectivity index is 2.28. The molecule has 1 aromatic carbocycles. The lowest BCUT2D eigenvalue weighted by Crippen LogP contribution is -2.18. The molecule has 0 unspecified atom stereocenters. The van der Waals surface area contributed by atoms with E-state index in [1.807, 2.05) is 6.92 Å². The number of carbonyl (C=O) groups excluding carboxylic acids is 1. The fourth-order valence-corrected chi connectivity index (χ4v) is 2.26. The lowest BCUT2D eigenvalue weighted by Gasteiger charge is -2.05. The lowest BCUT2D eigenvalue weighted by atomic mass is 9.96. The molecule has 72 valence electrons. The van der Waals surface area contributed by atoms with E-state index in [1.54, 1.807) is 0 Å². The molecule has 1 aliphatic heterocycles. The van der Waals surface area contributed by atoms with E-state index in [2.05, 4.69) is 5.32 Å². The number of rotatable bonds is 0. The zero-order valence-corrected chi connectivity index (χ0v) is 7.86. The van der Waals surface area contributed by atoms with Gasteiger partial charge < -0.3 is 5.32 Å². The molecule has 1 fully saturated rings. The standard InChI is InChI=1S/C11H10FNO/c1-6-4-7(12)5-8-9(6)13-10(14)11(8)2-3-11/h4-5H,2-3H2,1H3,(H,13,14). The van der Waals surface area contributed by atoms with Crippen molar-refractivity contribution in [2.24, 2.45) is 0 Å². The monoisotopic (exact) mass is 191 g/mol. The minimum absolute atomic E-state index is 0.0428. The molecule has 1 amide bonds. The number of anilines is 1. The number of hydrogen-bond donors (Lipinski definition) is 1. The van der Waals surface area contributed by atoms with Gasteiger partial charge in [0, 0.05) is 5.69 Å². The smallest absolute Gasteiger partial charge is 0.235 e. The molecular weight excluding hydrogens is 181 g/mol. The summed E-state index contributed by atoms with van der Waals surface area (Å²) in [5, 5.41) is 2.84. The maximum Gasteiger partial charge on any atom is 0.235 e. The predicted octanol–water partition coefficient (Wildman–Crippen LogP) is 2.12. The maximum atomic E-state index is 13.2. The van der Waals surface area contributed by atoms with Crippen molar-refractivity contribution in [1.29, 1.82) is 0 Å². The summed E-state index contributed by atoms with van der Waals surface area (Å²) in [4.78, 5) is 11.6. The van der Waals surface area contributed by atoms with Crippen LogP contribution in [0.25, 0.3) is 0 Å². The van der Waals surface area contributed by atoms with Gasteiger partial charge in [-0.05, 0) is 43.0 Å². The summed E-state index contributed by atoms with van der Waals surface area (Å²) in [5.74, 6) is -0.203. The van der Waals surface area contributed by atoms with Gasteiger partial charge in [-0.1, -0.05) is 0 Å². The normalized spacial score (nSPS) is 20.9. The molecule has 14 heavy (non-hydrogen) atoms. The van der Waals surface area contributed by atoms with E-state index < -0.39 is 0 Å². The molecule has 3 heteroatoms. The Morgan fingerprint density at radius 3 is 2.79 bits per heavy atom. The Labute approximate surface area is 81.1 Å². The first-order valence-corrected chi connectivity index (χ1v) is 4.75. The van der Waals surface area contributed by atoms with Crippen LogP contribution in [-0.4, -0.2) is 5.91 Å². The molecule has 1 aliphatic carbocycles. The number of benzene rings is 1. The number of hydrogen-bond acceptors (Lipinski definition) is 1. The van der Waals surface area contributed by atoms with Crippen LogP contribution in [0.3, 0.4) is 0 Å². The Kier molecular flexibility index (Phi) is 1.23. The third-order valence-electron chi connectivity index (χ3n) is 3.24. The number of fused-ring (bicyclic) bond motifs is 2. The number of nitrogens with one attached hydrogen (secondary N) is 1. The zero-order valence-electron chi connectivity index (χ0n) is 7.86. The summed E-state index contributed by atoms with van der Waals surface area (Å²) < 4.78 is 13.2.